The number of hydrogen-bond donors (Lipinski definition) is 1. The second-order valence-corrected chi connectivity index (χ2v) is 8.27. The average Bonchev–Trinajstić information content (AvgIpc) is 2.82. The number of aliphatic hydroxyl groups excluding tert-OH is 1. The second-order valence-electron chi connectivity index (χ2n) is 8.27. The van der Waals surface area contributed by atoms with Gasteiger partial charge in [0.15, 0.2) is 0 Å². The van der Waals surface area contributed by atoms with Crippen LogP contribution in [-0.2, 0) is 6.18 Å². The SMILES string of the molecule is O=[N+]([O-])c1cc(C(F)(F)F)ccc1N1CCN(CCC(O)c2ccc(F)c3ccccc23)CC1. The zero-order valence-electron chi connectivity index (χ0n) is 18.1. The molecule has 1 atom stereocenters. The second kappa shape index (κ2) is 9.55. The monoisotopic (exact) mass is 477 g/mol. The van der Waals surface area contributed by atoms with Crippen LogP contribution in [-0.4, -0.2) is 47.7 Å². The summed E-state index contributed by atoms with van der Waals surface area (Å²) in [5.74, 6) is -0.347. The van der Waals surface area contributed by atoms with Crippen LogP contribution in [0.15, 0.2) is 54.6 Å². The summed E-state index contributed by atoms with van der Waals surface area (Å²) < 4.78 is 52.9. The third kappa shape index (κ3) is 4.97. The standard InChI is InChI=1S/C24H23F4N3O3/c25-20-7-6-19(17-3-1-2-4-18(17)20)23(32)9-10-29-11-13-30(14-12-29)21-8-5-16(24(26,27)28)15-22(21)31(33)34/h1-8,15,23,32H,9-14H2. The van der Waals surface area contributed by atoms with Gasteiger partial charge < -0.3 is 10.0 Å². The molecule has 0 spiro atoms. The Hall–Kier alpha value is -3.24. The molecule has 1 unspecified atom stereocenters. The van der Waals surface area contributed by atoms with Crippen molar-refractivity contribution < 1.29 is 27.6 Å². The number of nitro groups is 1. The highest BCUT2D eigenvalue weighted by Gasteiger charge is 2.34. The summed E-state index contributed by atoms with van der Waals surface area (Å²) in [6.45, 7) is 2.43. The zero-order valence-corrected chi connectivity index (χ0v) is 18.1. The van der Waals surface area contributed by atoms with Gasteiger partial charge in [0.2, 0.25) is 0 Å². The average molecular weight is 477 g/mol. The van der Waals surface area contributed by atoms with Gasteiger partial charge in [0.1, 0.15) is 11.5 Å². The molecule has 1 saturated heterocycles. The van der Waals surface area contributed by atoms with Crippen LogP contribution in [0.4, 0.5) is 28.9 Å². The van der Waals surface area contributed by atoms with E-state index in [4.69, 9.17) is 0 Å². The van der Waals surface area contributed by atoms with Crippen molar-refractivity contribution >= 4 is 22.1 Å². The quantitative estimate of drug-likeness (QED) is 0.302. The molecular formula is C24H23F4N3O3. The van der Waals surface area contributed by atoms with Crippen LogP contribution in [0.5, 0.6) is 0 Å². The molecule has 3 aromatic rings. The first-order valence-corrected chi connectivity index (χ1v) is 10.8. The predicted octanol–water partition coefficient (Wildman–Crippen LogP) is 5.15. The highest BCUT2D eigenvalue weighted by Crippen LogP contribution is 2.37. The van der Waals surface area contributed by atoms with Crippen molar-refractivity contribution in [1.82, 2.24) is 4.90 Å². The number of halogens is 4. The molecule has 10 heteroatoms. The Labute approximate surface area is 193 Å². The van der Waals surface area contributed by atoms with Crippen molar-refractivity contribution in [3.05, 3.63) is 81.7 Å². The van der Waals surface area contributed by atoms with Crippen LogP contribution in [0.1, 0.15) is 23.7 Å². The van der Waals surface area contributed by atoms with Crippen molar-refractivity contribution in [2.75, 3.05) is 37.6 Å². The van der Waals surface area contributed by atoms with E-state index in [9.17, 15) is 32.8 Å². The molecule has 0 saturated carbocycles. The van der Waals surface area contributed by atoms with Crippen LogP contribution in [0.2, 0.25) is 0 Å². The van der Waals surface area contributed by atoms with Gasteiger partial charge in [0.05, 0.1) is 16.6 Å². The van der Waals surface area contributed by atoms with Gasteiger partial charge in [-0.3, -0.25) is 15.0 Å². The number of nitrogens with zero attached hydrogens (tertiary/aromatic N) is 3. The Balaban J connectivity index is 1.39. The van der Waals surface area contributed by atoms with Gasteiger partial charge in [-0.15, -0.1) is 0 Å². The Bertz CT molecular complexity index is 1190. The van der Waals surface area contributed by atoms with Crippen LogP contribution in [0, 0.1) is 15.9 Å². The topological polar surface area (TPSA) is 69.9 Å². The molecule has 0 aromatic heterocycles. The highest BCUT2D eigenvalue weighted by molar-refractivity contribution is 5.86. The van der Waals surface area contributed by atoms with E-state index in [1.54, 1.807) is 35.2 Å². The summed E-state index contributed by atoms with van der Waals surface area (Å²) in [6.07, 6.45) is -5.03. The van der Waals surface area contributed by atoms with Gasteiger partial charge in [0.25, 0.3) is 5.69 Å². The summed E-state index contributed by atoms with van der Waals surface area (Å²) in [4.78, 5) is 14.4. The number of piperazine rings is 1. The first-order chi connectivity index (χ1) is 16.1. The third-order valence-electron chi connectivity index (χ3n) is 6.19. The number of rotatable bonds is 6. The fourth-order valence-electron chi connectivity index (χ4n) is 4.36. The van der Waals surface area contributed by atoms with E-state index in [-0.39, 0.29) is 11.5 Å². The van der Waals surface area contributed by atoms with Gasteiger partial charge in [-0.1, -0.05) is 30.3 Å². The summed E-state index contributed by atoms with van der Waals surface area (Å²) in [6, 6.07) is 12.5. The van der Waals surface area contributed by atoms with E-state index < -0.39 is 28.5 Å². The molecule has 1 heterocycles. The molecule has 0 amide bonds. The van der Waals surface area contributed by atoms with E-state index in [0.717, 1.165) is 12.1 Å². The van der Waals surface area contributed by atoms with Gasteiger partial charge >= 0.3 is 6.18 Å². The minimum Gasteiger partial charge on any atom is -0.388 e. The molecule has 0 radical (unpaired) electrons. The lowest BCUT2D eigenvalue weighted by molar-refractivity contribution is -0.384. The summed E-state index contributed by atoms with van der Waals surface area (Å²) >= 11 is 0. The molecular weight excluding hydrogens is 454 g/mol. The zero-order chi connectivity index (χ0) is 24.5. The molecule has 1 fully saturated rings. The molecule has 4 rings (SSSR count). The minimum atomic E-state index is -4.65. The largest absolute Gasteiger partial charge is 0.416 e. The number of benzene rings is 3. The maximum absolute atomic E-state index is 14.0. The Kier molecular flexibility index (Phi) is 6.72. The maximum Gasteiger partial charge on any atom is 0.416 e. The van der Waals surface area contributed by atoms with Crippen LogP contribution in [0.25, 0.3) is 10.8 Å². The Morgan fingerprint density at radius 1 is 1.00 bits per heavy atom. The van der Waals surface area contributed by atoms with E-state index in [0.29, 0.717) is 61.5 Å². The smallest absolute Gasteiger partial charge is 0.388 e. The van der Waals surface area contributed by atoms with Crippen molar-refractivity contribution in [2.24, 2.45) is 0 Å². The molecule has 0 aliphatic carbocycles. The molecule has 34 heavy (non-hydrogen) atoms. The fourth-order valence-corrected chi connectivity index (χ4v) is 4.36. The number of alkyl halides is 3. The summed E-state index contributed by atoms with van der Waals surface area (Å²) in [5.41, 5.74) is -0.808. The predicted molar refractivity (Wildman–Crippen MR) is 120 cm³/mol. The minimum absolute atomic E-state index is 0.162. The number of aliphatic hydroxyl groups is 1. The molecule has 180 valence electrons. The lowest BCUT2D eigenvalue weighted by Gasteiger charge is -2.36. The first kappa shape index (κ1) is 23.9. The van der Waals surface area contributed by atoms with E-state index in [1.165, 1.54) is 6.07 Å². The van der Waals surface area contributed by atoms with Gasteiger partial charge in [-0.25, -0.2) is 4.39 Å². The van der Waals surface area contributed by atoms with Gasteiger partial charge in [0, 0.05) is 44.2 Å². The van der Waals surface area contributed by atoms with Crippen molar-refractivity contribution in [2.45, 2.75) is 18.7 Å². The van der Waals surface area contributed by atoms with Crippen LogP contribution < -0.4 is 4.90 Å². The molecule has 3 aromatic carbocycles. The van der Waals surface area contributed by atoms with Gasteiger partial charge in [-0.2, -0.15) is 13.2 Å². The van der Waals surface area contributed by atoms with Crippen LogP contribution in [0.3, 0.4) is 0 Å². The molecule has 1 aliphatic rings. The van der Waals surface area contributed by atoms with Crippen molar-refractivity contribution in [1.29, 1.82) is 0 Å². The van der Waals surface area contributed by atoms with Gasteiger partial charge in [-0.05, 0) is 35.6 Å². The lowest BCUT2D eigenvalue weighted by Crippen LogP contribution is -2.47. The van der Waals surface area contributed by atoms with Crippen molar-refractivity contribution in [3.8, 4) is 0 Å². The van der Waals surface area contributed by atoms with Crippen LogP contribution >= 0.6 is 0 Å². The Morgan fingerprint density at radius 3 is 2.32 bits per heavy atom. The number of fused-ring (bicyclic) bond motifs is 1. The molecule has 6 nitrogen and oxygen atoms in total. The van der Waals surface area contributed by atoms with E-state index >= 15 is 0 Å². The third-order valence-corrected chi connectivity index (χ3v) is 6.19. The summed E-state index contributed by atoms with van der Waals surface area (Å²) in [5, 5.41) is 23.2. The number of anilines is 1. The Morgan fingerprint density at radius 2 is 1.68 bits per heavy atom. The number of nitro benzene ring substituents is 1. The maximum atomic E-state index is 14.0. The first-order valence-electron chi connectivity index (χ1n) is 10.8. The van der Waals surface area contributed by atoms with E-state index in [1.807, 2.05) is 0 Å². The lowest BCUT2D eigenvalue weighted by atomic mass is 9.98. The molecule has 1 aliphatic heterocycles. The fraction of sp³-hybridized carbons (Fsp3) is 0.333. The molecule has 0 bridgehead atoms. The summed E-state index contributed by atoms with van der Waals surface area (Å²) in [7, 11) is 0. The normalized spacial score (nSPS) is 16.1. The number of hydrogen-bond acceptors (Lipinski definition) is 5. The highest BCUT2D eigenvalue weighted by atomic mass is 19.4. The molecule has 1 N–H and O–H groups in total. The van der Waals surface area contributed by atoms with Crippen molar-refractivity contribution in [3.63, 3.8) is 0 Å². The van der Waals surface area contributed by atoms with E-state index in [2.05, 4.69) is 4.90 Å².